The lowest BCUT2D eigenvalue weighted by molar-refractivity contribution is -0.177. The summed E-state index contributed by atoms with van der Waals surface area (Å²) in [6.07, 6.45) is 16.2. The van der Waals surface area contributed by atoms with Gasteiger partial charge in [0.25, 0.3) is 0 Å². The Bertz CT molecular complexity index is 879. The van der Waals surface area contributed by atoms with Crippen LogP contribution in [0.1, 0.15) is 133 Å². The molecule has 1 N–H and O–H groups in total. The first kappa shape index (κ1) is 28.3. The van der Waals surface area contributed by atoms with Gasteiger partial charge in [0.15, 0.2) is 0 Å². The van der Waals surface area contributed by atoms with E-state index in [9.17, 15) is 10.0 Å². The zero-order valence-electron chi connectivity index (χ0n) is 25.2. The van der Waals surface area contributed by atoms with Crippen molar-refractivity contribution in [3.63, 3.8) is 0 Å². The van der Waals surface area contributed by atoms with Crippen molar-refractivity contribution in [2.45, 2.75) is 139 Å². The van der Waals surface area contributed by atoms with Gasteiger partial charge in [-0.15, -0.1) is 0 Å². The van der Waals surface area contributed by atoms with Gasteiger partial charge < -0.3 is 5.11 Å². The van der Waals surface area contributed by atoms with Gasteiger partial charge in [-0.2, -0.15) is 4.91 Å². The number of allylic oxidation sites excluding steroid dienone is 2. The number of fused-ring (bicyclic) bond motifs is 7. The Morgan fingerprint density at radius 2 is 1.50 bits per heavy atom. The lowest BCUT2D eigenvalue weighted by atomic mass is 9.35. The first-order chi connectivity index (χ1) is 16.7. The molecule has 0 spiro atoms. The Kier molecular flexibility index (Phi) is 7.23. The van der Waals surface area contributed by atoms with E-state index < -0.39 is 0 Å². The number of rotatable bonds is 2. The van der Waals surface area contributed by atoms with Crippen LogP contribution in [0.15, 0.2) is 16.8 Å². The average Bonchev–Trinajstić information content (AvgIpc) is 2.80. The van der Waals surface area contributed by atoms with Crippen LogP contribution in [0, 0.1) is 55.2 Å². The van der Waals surface area contributed by atoms with Gasteiger partial charge in [-0.05, 0) is 109 Å². The van der Waals surface area contributed by atoms with E-state index in [1.165, 1.54) is 51.4 Å². The van der Waals surface area contributed by atoms with Gasteiger partial charge in [-0.25, -0.2) is 0 Å². The molecule has 0 heterocycles. The van der Waals surface area contributed by atoms with Crippen LogP contribution in [0.2, 0.25) is 0 Å². The quantitative estimate of drug-likeness (QED) is 0.304. The summed E-state index contributed by atoms with van der Waals surface area (Å²) in [7, 11) is 0. The first-order valence-corrected chi connectivity index (χ1v) is 15.4. The summed E-state index contributed by atoms with van der Waals surface area (Å²) in [4.78, 5) is 11.7. The molecule has 36 heavy (non-hydrogen) atoms. The number of hydrogen-bond donors (Lipinski definition) is 1. The molecular formula is C33H57NO2. The minimum absolute atomic E-state index is 0.0864. The largest absolute Gasteiger partial charge is 0.396 e. The van der Waals surface area contributed by atoms with Gasteiger partial charge >= 0.3 is 0 Å². The van der Waals surface area contributed by atoms with E-state index in [4.69, 9.17) is 0 Å². The summed E-state index contributed by atoms with van der Waals surface area (Å²) in [5, 5.41) is 14.0. The molecule has 3 nitrogen and oxygen atoms in total. The lowest BCUT2D eigenvalue weighted by Gasteiger charge is -2.70. The van der Waals surface area contributed by atoms with Crippen LogP contribution in [-0.2, 0) is 0 Å². The highest BCUT2D eigenvalue weighted by Gasteiger charge is 2.67. The number of aliphatic hydroxyl groups excluding tert-OH is 1. The third kappa shape index (κ3) is 3.83. The molecule has 9 unspecified atom stereocenters. The second-order valence-corrected chi connectivity index (χ2v) is 15.9. The fourth-order valence-corrected chi connectivity index (χ4v) is 11.0. The molecule has 0 radical (unpaired) electrons. The smallest absolute Gasteiger partial charge is 0.0998 e. The van der Waals surface area contributed by atoms with Crippen molar-refractivity contribution in [2.75, 3.05) is 6.61 Å². The summed E-state index contributed by atoms with van der Waals surface area (Å²) in [5.41, 5.74) is 3.16. The van der Waals surface area contributed by atoms with Crippen molar-refractivity contribution in [2.24, 2.45) is 55.4 Å². The summed E-state index contributed by atoms with van der Waals surface area (Å²) >= 11 is 0. The van der Waals surface area contributed by atoms with E-state index >= 15 is 0 Å². The Morgan fingerprint density at radius 3 is 2.11 bits per heavy atom. The van der Waals surface area contributed by atoms with Crippen LogP contribution in [0.25, 0.3) is 0 Å². The molecule has 0 saturated heterocycles. The fourth-order valence-electron chi connectivity index (χ4n) is 11.0. The summed E-state index contributed by atoms with van der Waals surface area (Å²) in [6, 6.07) is -0.238. The Morgan fingerprint density at radius 1 is 0.861 bits per heavy atom. The topological polar surface area (TPSA) is 49.7 Å². The first-order valence-electron chi connectivity index (χ1n) is 15.4. The molecule has 0 bridgehead atoms. The molecule has 5 aliphatic rings. The molecule has 0 aliphatic heterocycles. The lowest BCUT2D eigenvalue weighted by Crippen LogP contribution is -2.63. The van der Waals surface area contributed by atoms with Crippen molar-refractivity contribution >= 4 is 0 Å². The van der Waals surface area contributed by atoms with E-state index in [2.05, 4.69) is 73.6 Å². The van der Waals surface area contributed by atoms with Crippen molar-refractivity contribution < 1.29 is 5.11 Å². The van der Waals surface area contributed by atoms with Gasteiger partial charge in [-0.3, -0.25) is 0 Å². The van der Waals surface area contributed by atoms with Crippen molar-refractivity contribution in [1.29, 1.82) is 0 Å². The van der Waals surface area contributed by atoms with Gasteiger partial charge in [0.2, 0.25) is 0 Å². The number of hydrogen-bond acceptors (Lipinski definition) is 3. The predicted molar refractivity (Wildman–Crippen MR) is 152 cm³/mol. The maximum Gasteiger partial charge on any atom is 0.0998 e. The monoisotopic (exact) mass is 499 g/mol. The zero-order chi connectivity index (χ0) is 26.8. The second-order valence-electron chi connectivity index (χ2n) is 15.9. The van der Waals surface area contributed by atoms with Crippen LogP contribution >= 0.6 is 0 Å². The van der Waals surface area contributed by atoms with E-state index in [0.29, 0.717) is 39.4 Å². The van der Waals surface area contributed by atoms with Crippen LogP contribution in [0.5, 0.6) is 0 Å². The minimum Gasteiger partial charge on any atom is -0.396 e. The van der Waals surface area contributed by atoms with Crippen molar-refractivity contribution in [3.05, 3.63) is 16.6 Å². The minimum atomic E-state index is -0.370. The van der Waals surface area contributed by atoms with Crippen LogP contribution in [0.4, 0.5) is 0 Å². The molecule has 0 amide bonds. The highest BCUT2D eigenvalue weighted by atomic mass is 16.3. The molecule has 5 rings (SSSR count). The summed E-state index contributed by atoms with van der Waals surface area (Å²) in [5.74, 6) is 1.72. The summed E-state index contributed by atoms with van der Waals surface area (Å²) in [6.45, 7) is 21.9. The number of nitroso groups, excluding NO2 is 1. The van der Waals surface area contributed by atoms with Crippen molar-refractivity contribution in [3.8, 4) is 0 Å². The zero-order valence-corrected chi connectivity index (χ0v) is 25.2. The molecule has 0 aromatic rings. The Hall–Kier alpha value is -0.700. The molecule has 9 atom stereocenters. The maximum atomic E-state index is 11.7. The molecule has 206 valence electrons. The molecule has 3 heteroatoms. The molecular weight excluding hydrogens is 442 g/mol. The third-order valence-corrected chi connectivity index (χ3v) is 13.2. The number of aliphatic hydroxyl groups is 1. The van der Waals surface area contributed by atoms with Gasteiger partial charge in [0.1, 0.15) is 0 Å². The molecule has 4 saturated carbocycles. The third-order valence-electron chi connectivity index (χ3n) is 13.2. The van der Waals surface area contributed by atoms with E-state index in [1.54, 1.807) is 0 Å². The van der Waals surface area contributed by atoms with Crippen molar-refractivity contribution in [1.82, 2.24) is 0 Å². The standard InChI is InChI=1S/C30H49NO2.C3H8/c1-25(2)16-17-26(3)13-10-20-21(30(26,7)18-25)8-9-22-27(20,4)14-11-23-28(22,5)15-12-24(31-33)29(23,6)19-32;1-3-2/h8,20,22-24,32H,9-19H2,1-7H3;3H2,1-2H3. The van der Waals surface area contributed by atoms with E-state index in [1.807, 2.05) is 5.57 Å². The fraction of sp³-hybridized carbons (Fsp3) is 0.939. The average molecular weight is 500 g/mol. The Labute approximate surface area is 222 Å². The van der Waals surface area contributed by atoms with Gasteiger partial charge in [0.05, 0.1) is 12.6 Å². The SMILES string of the molecule is CC1(C)CCC2(C)CCC3C(=CCC4C3(C)CCC3C(C)(CO)C(N=O)CCC34C)C2(C)C1.CCC. The molecule has 4 fully saturated rings. The normalized spacial score (nSPS) is 51.2. The maximum absolute atomic E-state index is 11.7. The van der Waals surface area contributed by atoms with Crippen LogP contribution in [-0.4, -0.2) is 17.8 Å². The molecule has 0 aromatic heterocycles. The van der Waals surface area contributed by atoms with E-state index in [0.717, 1.165) is 19.3 Å². The van der Waals surface area contributed by atoms with Crippen LogP contribution in [0.3, 0.4) is 0 Å². The second kappa shape index (κ2) is 9.20. The number of nitrogens with zero attached hydrogens (tertiary/aromatic N) is 1. The highest BCUT2D eigenvalue weighted by Crippen LogP contribution is 2.74. The van der Waals surface area contributed by atoms with Crippen LogP contribution < -0.4 is 0 Å². The molecule has 0 aromatic carbocycles. The van der Waals surface area contributed by atoms with Gasteiger partial charge in [-0.1, -0.05) is 85.6 Å². The van der Waals surface area contributed by atoms with Gasteiger partial charge in [0, 0.05) is 5.41 Å². The predicted octanol–water partition coefficient (Wildman–Crippen LogP) is 9.33. The molecule has 5 aliphatic carbocycles. The Balaban J connectivity index is 0.000000967. The highest BCUT2D eigenvalue weighted by molar-refractivity contribution is 5.33. The van der Waals surface area contributed by atoms with E-state index in [-0.39, 0.29) is 23.5 Å². The summed E-state index contributed by atoms with van der Waals surface area (Å²) < 4.78 is 0.